The molecule has 0 saturated heterocycles. The van der Waals surface area contributed by atoms with E-state index in [1.54, 1.807) is 26.5 Å². The fourth-order valence-electron chi connectivity index (χ4n) is 3.10. The number of aromatic amines is 1. The third-order valence-corrected chi connectivity index (χ3v) is 4.42. The summed E-state index contributed by atoms with van der Waals surface area (Å²) in [5, 5.41) is 3.09. The summed E-state index contributed by atoms with van der Waals surface area (Å²) in [7, 11) is 3.22. The van der Waals surface area contributed by atoms with Crippen LogP contribution in [-0.2, 0) is 18.0 Å². The Morgan fingerprint density at radius 2 is 1.90 bits per heavy atom. The van der Waals surface area contributed by atoms with Crippen LogP contribution in [-0.4, -0.2) is 33.8 Å². The number of nitrogens with zero attached hydrogens (tertiary/aromatic N) is 3. The van der Waals surface area contributed by atoms with Crippen molar-refractivity contribution in [1.29, 1.82) is 0 Å². The van der Waals surface area contributed by atoms with Crippen LogP contribution in [0.3, 0.4) is 0 Å². The molecule has 8 nitrogen and oxygen atoms in total. The molecule has 0 fully saturated rings. The van der Waals surface area contributed by atoms with Gasteiger partial charge in [-0.2, -0.15) is 0 Å². The fraction of sp³-hybridized carbons (Fsp3) is 0.190. The zero-order valence-corrected chi connectivity index (χ0v) is 16.1. The van der Waals surface area contributed by atoms with Crippen molar-refractivity contribution in [1.82, 2.24) is 19.6 Å². The molecule has 0 spiro atoms. The van der Waals surface area contributed by atoms with E-state index in [0.717, 1.165) is 22.6 Å². The van der Waals surface area contributed by atoms with Gasteiger partial charge in [0, 0.05) is 31.0 Å². The third kappa shape index (κ3) is 3.83. The normalized spacial score (nSPS) is 11.0. The largest absolute Gasteiger partial charge is 0.497 e. The van der Waals surface area contributed by atoms with Gasteiger partial charge in [0.25, 0.3) is 5.56 Å². The maximum Gasteiger partial charge on any atom is 0.273 e. The van der Waals surface area contributed by atoms with Crippen molar-refractivity contribution in [3.8, 4) is 22.8 Å². The van der Waals surface area contributed by atoms with Gasteiger partial charge in [-0.3, -0.25) is 9.89 Å². The third-order valence-electron chi connectivity index (χ3n) is 4.42. The smallest absolute Gasteiger partial charge is 0.273 e. The maximum absolute atomic E-state index is 12.7. The van der Waals surface area contributed by atoms with E-state index in [1.807, 2.05) is 36.4 Å². The van der Waals surface area contributed by atoms with Gasteiger partial charge in [-0.1, -0.05) is 18.2 Å². The number of benzene rings is 1. The van der Waals surface area contributed by atoms with Crippen LogP contribution in [0.5, 0.6) is 11.6 Å². The molecule has 0 saturated carbocycles. The van der Waals surface area contributed by atoms with Crippen molar-refractivity contribution >= 4 is 5.65 Å². The number of fused-ring (bicyclic) bond motifs is 1. The monoisotopic (exact) mass is 392 g/mol. The number of aromatic nitrogens is 4. The van der Waals surface area contributed by atoms with E-state index in [2.05, 4.69) is 15.1 Å². The van der Waals surface area contributed by atoms with Gasteiger partial charge < -0.3 is 14.2 Å². The van der Waals surface area contributed by atoms with E-state index in [1.165, 1.54) is 10.6 Å². The van der Waals surface area contributed by atoms with Crippen LogP contribution < -0.4 is 15.0 Å². The summed E-state index contributed by atoms with van der Waals surface area (Å²) >= 11 is 0. The maximum atomic E-state index is 12.7. The first kappa shape index (κ1) is 18.7. The molecule has 148 valence electrons. The Morgan fingerprint density at radius 3 is 2.59 bits per heavy atom. The molecule has 8 heteroatoms. The molecule has 0 unspecified atom stereocenters. The molecule has 0 bridgehead atoms. The van der Waals surface area contributed by atoms with E-state index in [-0.39, 0.29) is 12.2 Å². The summed E-state index contributed by atoms with van der Waals surface area (Å²) < 4.78 is 17.6. The predicted molar refractivity (Wildman–Crippen MR) is 107 cm³/mol. The lowest BCUT2D eigenvalue weighted by Crippen LogP contribution is -2.16. The van der Waals surface area contributed by atoms with E-state index in [4.69, 9.17) is 14.2 Å². The summed E-state index contributed by atoms with van der Waals surface area (Å²) in [5.41, 5.74) is 3.24. The topological polar surface area (TPSA) is 90.7 Å². The Kier molecular flexibility index (Phi) is 5.26. The molecule has 0 aliphatic heterocycles. The molecule has 4 aromatic rings. The van der Waals surface area contributed by atoms with Crippen molar-refractivity contribution in [3.05, 3.63) is 76.5 Å². The average Bonchev–Trinajstić information content (AvgIpc) is 3.12. The number of hydrogen-bond donors (Lipinski definition) is 1. The molecular formula is C21H20N4O4. The second-order valence-corrected chi connectivity index (χ2v) is 6.33. The number of H-pyrrole nitrogens is 1. The van der Waals surface area contributed by atoms with Crippen LogP contribution in [0.2, 0.25) is 0 Å². The molecular weight excluding hydrogens is 372 g/mol. The standard InChI is InChI=1S/C21H20N4O4/c1-27-13-17-20(14-6-8-16(28-2)9-7-14)21-23-15(11-19(26)25(21)24-17)12-29-18-5-3-4-10-22-18/h3-11,24H,12-13H2,1-2H3. The summed E-state index contributed by atoms with van der Waals surface area (Å²) in [6.07, 6.45) is 1.64. The SMILES string of the molecule is COCc1[nH]n2c(=O)cc(COc3ccccn3)nc2c1-c1ccc(OC)cc1. The molecule has 29 heavy (non-hydrogen) atoms. The Balaban J connectivity index is 1.78. The molecule has 0 aliphatic rings. The molecule has 3 aromatic heterocycles. The number of hydrogen-bond acceptors (Lipinski definition) is 6. The van der Waals surface area contributed by atoms with Crippen molar-refractivity contribution in [2.75, 3.05) is 14.2 Å². The first-order chi connectivity index (χ1) is 14.2. The van der Waals surface area contributed by atoms with Gasteiger partial charge >= 0.3 is 0 Å². The Labute approximate surface area is 166 Å². The van der Waals surface area contributed by atoms with Crippen LogP contribution in [0.4, 0.5) is 0 Å². The van der Waals surface area contributed by atoms with Gasteiger partial charge in [-0.05, 0) is 23.8 Å². The van der Waals surface area contributed by atoms with Gasteiger partial charge in [0.2, 0.25) is 5.88 Å². The van der Waals surface area contributed by atoms with Crippen molar-refractivity contribution < 1.29 is 14.2 Å². The highest BCUT2D eigenvalue weighted by atomic mass is 16.5. The molecule has 0 radical (unpaired) electrons. The Morgan fingerprint density at radius 1 is 1.07 bits per heavy atom. The van der Waals surface area contributed by atoms with Crippen LogP contribution in [0.1, 0.15) is 11.4 Å². The van der Waals surface area contributed by atoms with Crippen molar-refractivity contribution in [2.45, 2.75) is 13.2 Å². The number of ether oxygens (including phenoxy) is 3. The number of nitrogens with one attached hydrogen (secondary N) is 1. The first-order valence-corrected chi connectivity index (χ1v) is 9.00. The second-order valence-electron chi connectivity index (χ2n) is 6.33. The lowest BCUT2D eigenvalue weighted by Gasteiger charge is -2.06. The van der Waals surface area contributed by atoms with Crippen LogP contribution in [0, 0.1) is 0 Å². The van der Waals surface area contributed by atoms with E-state index < -0.39 is 0 Å². The molecule has 0 atom stereocenters. The zero-order chi connectivity index (χ0) is 20.2. The van der Waals surface area contributed by atoms with Gasteiger partial charge in [0.15, 0.2) is 5.65 Å². The van der Waals surface area contributed by atoms with E-state index in [0.29, 0.717) is 23.8 Å². The minimum atomic E-state index is -0.230. The van der Waals surface area contributed by atoms with Crippen LogP contribution in [0.15, 0.2) is 59.5 Å². The highest BCUT2D eigenvalue weighted by Gasteiger charge is 2.17. The highest BCUT2D eigenvalue weighted by Crippen LogP contribution is 2.29. The quantitative estimate of drug-likeness (QED) is 0.520. The summed E-state index contributed by atoms with van der Waals surface area (Å²) in [6, 6.07) is 14.4. The van der Waals surface area contributed by atoms with Crippen molar-refractivity contribution in [3.63, 3.8) is 0 Å². The number of methoxy groups -OCH3 is 2. The lowest BCUT2D eigenvalue weighted by atomic mass is 10.1. The summed E-state index contributed by atoms with van der Waals surface area (Å²) in [5.74, 6) is 1.22. The Bertz CT molecular complexity index is 1170. The van der Waals surface area contributed by atoms with Crippen molar-refractivity contribution in [2.24, 2.45) is 0 Å². The highest BCUT2D eigenvalue weighted by molar-refractivity contribution is 5.80. The molecule has 4 rings (SSSR count). The van der Waals surface area contributed by atoms with Crippen LogP contribution >= 0.6 is 0 Å². The van der Waals surface area contributed by atoms with Crippen LogP contribution in [0.25, 0.3) is 16.8 Å². The molecule has 0 amide bonds. The molecule has 3 heterocycles. The molecule has 1 aromatic carbocycles. The van der Waals surface area contributed by atoms with E-state index in [9.17, 15) is 4.79 Å². The lowest BCUT2D eigenvalue weighted by molar-refractivity contribution is 0.181. The minimum Gasteiger partial charge on any atom is -0.497 e. The van der Waals surface area contributed by atoms with Gasteiger partial charge in [-0.15, -0.1) is 0 Å². The molecule has 0 aliphatic carbocycles. The zero-order valence-electron chi connectivity index (χ0n) is 16.1. The number of pyridine rings is 1. The summed E-state index contributed by atoms with van der Waals surface area (Å²) in [6.45, 7) is 0.444. The van der Waals surface area contributed by atoms with Gasteiger partial charge in [0.1, 0.15) is 12.4 Å². The summed E-state index contributed by atoms with van der Waals surface area (Å²) in [4.78, 5) is 21.5. The first-order valence-electron chi connectivity index (χ1n) is 9.00. The van der Waals surface area contributed by atoms with Gasteiger partial charge in [-0.25, -0.2) is 14.5 Å². The van der Waals surface area contributed by atoms with Gasteiger partial charge in [0.05, 0.1) is 25.1 Å². The predicted octanol–water partition coefficient (Wildman–Crippen LogP) is 2.82. The number of rotatable bonds is 7. The second kappa shape index (κ2) is 8.15. The molecule has 1 N–H and O–H groups in total. The minimum absolute atomic E-state index is 0.135. The average molecular weight is 392 g/mol. The fourth-order valence-corrected chi connectivity index (χ4v) is 3.10. The van der Waals surface area contributed by atoms with E-state index >= 15 is 0 Å². The Hall–Kier alpha value is -3.65.